The van der Waals surface area contributed by atoms with Gasteiger partial charge >= 0.3 is 0 Å². The number of hydrogen-bond donors (Lipinski definition) is 2. The molecule has 0 saturated carbocycles. The number of ether oxygens (including phenoxy) is 3. The molecule has 1 aliphatic rings. The van der Waals surface area contributed by atoms with Crippen LogP contribution in [0.25, 0.3) is 12.2 Å². The van der Waals surface area contributed by atoms with Crippen molar-refractivity contribution in [1.82, 2.24) is 5.32 Å². The fraction of sp³-hybridized carbons (Fsp3) is 0.344. The summed E-state index contributed by atoms with van der Waals surface area (Å²) in [7, 11) is 9.53. The molecule has 212 valence electrons. The van der Waals surface area contributed by atoms with Gasteiger partial charge in [0.15, 0.2) is 0 Å². The fourth-order valence-electron chi connectivity index (χ4n) is 4.60. The van der Waals surface area contributed by atoms with E-state index < -0.39 is 6.10 Å². The minimum atomic E-state index is -0.652. The second kappa shape index (κ2) is 13.0. The first-order valence-electron chi connectivity index (χ1n) is 13.4. The Labute approximate surface area is 236 Å². The number of benzene rings is 3. The molecule has 1 atom stereocenters. The van der Waals surface area contributed by atoms with Crippen LogP contribution in [0.4, 0.5) is 11.4 Å². The van der Waals surface area contributed by atoms with E-state index in [9.17, 15) is 9.90 Å². The van der Waals surface area contributed by atoms with E-state index in [4.69, 9.17) is 14.2 Å². The van der Waals surface area contributed by atoms with Gasteiger partial charge in [0.05, 0.1) is 13.2 Å². The second-order valence-corrected chi connectivity index (χ2v) is 10.3. The van der Waals surface area contributed by atoms with E-state index in [0.29, 0.717) is 25.1 Å². The number of hydrogen-bond acceptors (Lipinski definition) is 7. The number of rotatable bonds is 11. The number of nitrogens with zero attached hydrogens (tertiary/aromatic N) is 2. The molecule has 2 N–H and O–H groups in total. The Bertz CT molecular complexity index is 1410. The Kier molecular flexibility index (Phi) is 9.47. The molecular formula is C32H39N3O5. The lowest BCUT2D eigenvalue weighted by molar-refractivity contribution is -0.00639. The van der Waals surface area contributed by atoms with Crippen molar-refractivity contribution in [2.75, 3.05) is 71.5 Å². The first-order chi connectivity index (χ1) is 19.2. The molecule has 0 saturated heterocycles. The lowest BCUT2D eigenvalue weighted by Gasteiger charge is -2.26. The Morgan fingerprint density at radius 1 is 0.950 bits per heavy atom. The lowest BCUT2D eigenvalue weighted by atomic mass is 9.90. The molecule has 1 unspecified atom stereocenters. The first-order valence-corrected chi connectivity index (χ1v) is 13.4. The van der Waals surface area contributed by atoms with Gasteiger partial charge in [-0.2, -0.15) is 0 Å². The topological polar surface area (TPSA) is 83.5 Å². The van der Waals surface area contributed by atoms with Crippen molar-refractivity contribution in [1.29, 1.82) is 0 Å². The smallest absolute Gasteiger partial charge is 0.251 e. The van der Waals surface area contributed by atoms with Crippen molar-refractivity contribution in [3.05, 3.63) is 81.7 Å². The highest BCUT2D eigenvalue weighted by atomic mass is 16.5. The number of methoxy groups -OCH3 is 1. The third kappa shape index (κ3) is 6.65. The van der Waals surface area contributed by atoms with Crippen LogP contribution in [0.1, 0.15) is 27.9 Å². The van der Waals surface area contributed by atoms with Gasteiger partial charge in [-0.25, -0.2) is 0 Å². The van der Waals surface area contributed by atoms with Gasteiger partial charge in [-0.1, -0.05) is 12.6 Å². The molecular weight excluding hydrogens is 506 g/mol. The average Bonchev–Trinajstić information content (AvgIpc) is 2.93. The number of fused-ring (bicyclic) bond motifs is 2. The maximum Gasteiger partial charge on any atom is 0.251 e. The number of anilines is 2. The minimum Gasteiger partial charge on any atom is -0.456 e. The standard InChI is InChI=1S/C32H39N3O5/c1-21-8-9-22(32(37)33-14-7-15-39-20-25(36)19-38-6)16-28(21)31-26-12-10-23(34(2)3)17-29(26)40-30-18-24(35(4)5)11-13-27(30)31/h8-13,16-18,25,36H,1,7,14-15,19-20H2,2-6H3,(H,33,37). The Hall–Kier alpha value is -3.85. The number of carbonyl (C=O) groups is 1. The molecule has 8 heteroatoms. The highest BCUT2D eigenvalue weighted by Gasteiger charge is 2.24. The van der Waals surface area contributed by atoms with Gasteiger partial charge in [0.25, 0.3) is 5.91 Å². The zero-order chi connectivity index (χ0) is 28.8. The molecule has 1 amide bonds. The van der Waals surface area contributed by atoms with Gasteiger partial charge < -0.3 is 34.4 Å². The largest absolute Gasteiger partial charge is 0.456 e. The van der Waals surface area contributed by atoms with Crippen LogP contribution in [-0.4, -0.2) is 78.8 Å². The van der Waals surface area contributed by atoms with Crippen molar-refractivity contribution >= 4 is 29.4 Å². The predicted octanol–water partition coefficient (Wildman–Crippen LogP) is 2.73. The van der Waals surface area contributed by atoms with Crippen LogP contribution in [-0.2, 0) is 9.47 Å². The van der Waals surface area contributed by atoms with E-state index in [1.54, 1.807) is 6.07 Å². The summed E-state index contributed by atoms with van der Waals surface area (Å²) >= 11 is 0. The van der Waals surface area contributed by atoms with Crippen LogP contribution < -0.4 is 30.3 Å². The van der Waals surface area contributed by atoms with Crippen LogP contribution >= 0.6 is 0 Å². The summed E-state index contributed by atoms with van der Waals surface area (Å²) < 4.78 is 16.8. The zero-order valence-corrected chi connectivity index (χ0v) is 24.0. The third-order valence-corrected chi connectivity index (χ3v) is 6.78. The maximum atomic E-state index is 13.1. The van der Waals surface area contributed by atoms with Crippen LogP contribution in [0.5, 0.6) is 11.5 Å². The van der Waals surface area contributed by atoms with E-state index in [-0.39, 0.29) is 19.1 Å². The molecule has 4 rings (SSSR count). The molecule has 0 spiro atoms. The van der Waals surface area contributed by atoms with Crippen LogP contribution in [0, 0.1) is 0 Å². The minimum absolute atomic E-state index is 0.167. The highest BCUT2D eigenvalue weighted by Crippen LogP contribution is 2.44. The highest BCUT2D eigenvalue weighted by molar-refractivity contribution is 5.95. The van der Waals surface area contributed by atoms with Gasteiger partial charge in [-0.15, -0.1) is 0 Å². The summed E-state index contributed by atoms with van der Waals surface area (Å²) in [4.78, 5) is 17.2. The van der Waals surface area contributed by atoms with E-state index in [1.807, 2.05) is 62.3 Å². The van der Waals surface area contributed by atoms with Crippen molar-refractivity contribution in [3.8, 4) is 11.5 Å². The predicted molar refractivity (Wildman–Crippen MR) is 160 cm³/mol. The molecule has 8 nitrogen and oxygen atoms in total. The Balaban J connectivity index is 1.66. The summed E-state index contributed by atoms with van der Waals surface area (Å²) in [6.45, 7) is 5.62. The number of nitrogens with one attached hydrogen (secondary N) is 1. The van der Waals surface area contributed by atoms with Crippen LogP contribution in [0.2, 0.25) is 0 Å². The van der Waals surface area contributed by atoms with Crippen LogP contribution in [0.15, 0.2) is 54.6 Å². The number of aliphatic hydroxyl groups is 1. The van der Waals surface area contributed by atoms with Crippen molar-refractivity contribution < 1.29 is 24.1 Å². The molecule has 0 aromatic heterocycles. The van der Waals surface area contributed by atoms with Crippen molar-refractivity contribution in [2.24, 2.45) is 0 Å². The molecule has 3 aromatic carbocycles. The van der Waals surface area contributed by atoms with Gasteiger partial charge in [0, 0.05) is 94.2 Å². The number of aliphatic hydroxyl groups excluding tert-OH is 1. The molecule has 40 heavy (non-hydrogen) atoms. The molecule has 0 radical (unpaired) electrons. The summed E-state index contributed by atoms with van der Waals surface area (Å²) in [6.07, 6.45) is -0.0232. The van der Waals surface area contributed by atoms with E-state index in [0.717, 1.165) is 50.0 Å². The van der Waals surface area contributed by atoms with Crippen molar-refractivity contribution in [2.45, 2.75) is 12.5 Å². The molecule has 0 fully saturated rings. The average molecular weight is 546 g/mol. The van der Waals surface area contributed by atoms with Crippen LogP contribution in [0.3, 0.4) is 0 Å². The molecule has 0 aliphatic carbocycles. The molecule has 3 aromatic rings. The van der Waals surface area contributed by atoms with Gasteiger partial charge in [0.2, 0.25) is 0 Å². The monoisotopic (exact) mass is 545 g/mol. The lowest BCUT2D eigenvalue weighted by Crippen LogP contribution is -2.32. The van der Waals surface area contributed by atoms with E-state index >= 15 is 0 Å². The number of amides is 1. The van der Waals surface area contributed by atoms with Gasteiger partial charge in [-0.3, -0.25) is 4.79 Å². The normalized spacial score (nSPS) is 12.7. The summed E-state index contributed by atoms with van der Waals surface area (Å²) in [5.41, 5.74) is 5.50. The maximum absolute atomic E-state index is 13.1. The summed E-state index contributed by atoms with van der Waals surface area (Å²) in [6, 6.07) is 17.9. The van der Waals surface area contributed by atoms with Gasteiger partial charge in [-0.05, 0) is 53.3 Å². The first kappa shape index (κ1) is 29.1. The molecule has 0 bridgehead atoms. The second-order valence-electron chi connectivity index (χ2n) is 10.3. The fourth-order valence-corrected chi connectivity index (χ4v) is 4.60. The quantitative estimate of drug-likeness (QED) is 0.281. The SMILES string of the molecule is C=c1ccc(C(=O)NCCCOCC(O)COC)cc1=C1c2ccc(N(C)C)cc2Oc2cc(N(C)C)ccc21. The number of carbonyl (C=O) groups excluding carboxylic acids is 1. The summed E-state index contributed by atoms with van der Waals surface area (Å²) in [5.74, 6) is 1.35. The van der Waals surface area contributed by atoms with Crippen molar-refractivity contribution in [3.63, 3.8) is 0 Å². The molecule has 1 heterocycles. The van der Waals surface area contributed by atoms with E-state index in [2.05, 4.69) is 36.2 Å². The van der Waals surface area contributed by atoms with Gasteiger partial charge in [0.1, 0.15) is 17.6 Å². The third-order valence-electron chi connectivity index (χ3n) is 6.78. The Morgan fingerprint density at radius 3 is 2.15 bits per heavy atom. The molecule has 1 aliphatic heterocycles. The zero-order valence-electron chi connectivity index (χ0n) is 24.0. The summed E-state index contributed by atoms with van der Waals surface area (Å²) in [5, 5.41) is 14.3. The van der Waals surface area contributed by atoms with E-state index in [1.165, 1.54) is 7.11 Å². The Morgan fingerprint density at radius 2 is 1.57 bits per heavy atom.